The fourth-order valence-electron chi connectivity index (χ4n) is 3.78. The van der Waals surface area contributed by atoms with Gasteiger partial charge in [0.05, 0.1) is 17.5 Å². The molecule has 10 heteroatoms. The van der Waals surface area contributed by atoms with Crippen LogP contribution in [0, 0.1) is 5.82 Å². The summed E-state index contributed by atoms with van der Waals surface area (Å²) in [5.74, 6) is -0.379. The van der Waals surface area contributed by atoms with Gasteiger partial charge in [0.2, 0.25) is 10.0 Å². The van der Waals surface area contributed by atoms with Crippen LogP contribution in [0.25, 0.3) is 22.0 Å². The predicted molar refractivity (Wildman–Crippen MR) is 105 cm³/mol. The number of rotatable bonds is 4. The molecule has 3 unspecified atom stereocenters. The molecule has 2 aromatic carbocycles. The summed E-state index contributed by atoms with van der Waals surface area (Å²) in [5, 5.41) is 29.9. The van der Waals surface area contributed by atoms with E-state index in [2.05, 4.69) is 4.98 Å². The lowest BCUT2D eigenvalue weighted by molar-refractivity contribution is -0.102. The van der Waals surface area contributed by atoms with E-state index in [0.717, 1.165) is 10.9 Å². The first kappa shape index (κ1) is 20.9. The molecule has 3 aromatic rings. The zero-order chi connectivity index (χ0) is 21.6. The van der Waals surface area contributed by atoms with Crippen molar-refractivity contribution in [1.29, 1.82) is 0 Å². The quantitative estimate of drug-likeness (QED) is 0.492. The number of halogens is 2. The highest BCUT2D eigenvalue weighted by Crippen LogP contribution is 2.32. The average molecular weight is 438 g/mol. The molecule has 0 amide bonds. The van der Waals surface area contributed by atoms with Gasteiger partial charge in [0.25, 0.3) is 0 Å². The Kier molecular flexibility index (Phi) is 5.37. The fraction of sp³-hybridized carbons (Fsp3) is 0.300. The maximum absolute atomic E-state index is 14.0. The van der Waals surface area contributed by atoms with Gasteiger partial charge in [-0.05, 0) is 35.9 Å². The summed E-state index contributed by atoms with van der Waals surface area (Å²) in [6.45, 7) is -1.45. The van der Waals surface area contributed by atoms with Crippen molar-refractivity contribution in [2.45, 2.75) is 29.3 Å². The number of hydrogen-bond donors (Lipinski definition) is 4. The summed E-state index contributed by atoms with van der Waals surface area (Å²) >= 11 is 0. The highest BCUT2D eigenvalue weighted by molar-refractivity contribution is 7.89. The van der Waals surface area contributed by atoms with Crippen molar-refractivity contribution in [3.8, 4) is 11.1 Å². The third-order valence-corrected chi connectivity index (χ3v) is 7.35. The summed E-state index contributed by atoms with van der Waals surface area (Å²) in [5.41, 5.74) is 2.04. The molecule has 1 fully saturated rings. The topological polar surface area (TPSA) is 114 Å². The van der Waals surface area contributed by atoms with E-state index in [-0.39, 0.29) is 10.7 Å². The first-order valence-corrected chi connectivity index (χ1v) is 10.7. The van der Waals surface area contributed by atoms with Crippen molar-refractivity contribution >= 4 is 20.9 Å². The Morgan fingerprint density at radius 3 is 2.47 bits per heavy atom. The van der Waals surface area contributed by atoms with Gasteiger partial charge in [-0.15, -0.1) is 0 Å². The molecular weight excluding hydrogens is 418 g/mol. The van der Waals surface area contributed by atoms with E-state index in [1.165, 1.54) is 24.3 Å². The highest BCUT2D eigenvalue weighted by atomic mass is 32.2. The lowest BCUT2D eigenvalue weighted by Gasteiger charge is -2.41. The standard InChI is InChI=1S/C20H20F2N2O5S/c21-12-3-6-14-15(8-23-17(14)7-12)11-1-4-13(5-2-11)30(28,29)24-9-16(22)19(26)20(27)18(24)10-25/h1-8,16,18-20,23,25-27H,9-10H2/t16?,18-,19?,20?/m0/s1. The number of piperidine rings is 1. The van der Waals surface area contributed by atoms with Crippen molar-refractivity contribution in [1.82, 2.24) is 9.29 Å². The summed E-state index contributed by atoms with van der Waals surface area (Å²) in [4.78, 5) is 2.82. The van der Waals surface area contributed by atoms with Crippen molar-refractivity contribution in [2.24, 2.45) is 0 Å². The van der Waals surface area contributed by atoms with Crippen LogP contribution in [0.1, 0.15) is 0 Å². The number of H-pyrrole nitrogens is 1. The maximum Gasteiger partial charge on any atom is 0.243 e. The second-order valence-corrected chi connectivity index (χ2v) is 9.13. The number of sulfonamides is 1. The molecule has 0 aliphatic carbocycles. The van der Waals surface area contributed by atoms with Gasteiger partial charge < -0.3 is 20.3 Å². The number of benzene rings is 2. The number of aromatic amines is 1. The molecule has 1 saturated heterocycles. The van der Waals surface area contributed by atoms with Crippen LogP contribution in [0.15, 0.2) is 53.6 Å². The number of aliphatic hydroxyl groups is 3. The first-order chi connectivity index (χ1) is 14.2. The minimum absolute atomic E-state index is 0.147. The monoisotopic (exact) mass is 438 g/mol. The SMILES string of the molecule is O=S(=O)(c1ccc(-c2c[nH]c3cc(F)ccc23)cc1)N1CC(F)C(O)C(O)[C@@H]1CO. The third-order valence-electron chi connectivity index (χ3n) is 5.44. The molecule has 1 aliphatic rings. The Bertz CT molecular complexity index is 1170. The van der Waals surface area contributed by atoms with E-state index >= 15 is 0 Å². The minimum atomic E-state index is -4.24. The van der Waals surface area contributed by atoms with Gasteiger partial charge in [0, 0.05) is 29.2 Å². The molecule has 4 atom stereocenters. The molecule has 0 saturated carbocycles. The van der Waals surface area contributed by atoms with Crippen molar-refractivity contribution in [3.05, 3.63) is 54.5 Å². The van der Waals surface area contributed by atoms with Crippen molar-refractivity contribution in [3.63, 3.8) is 0 Å². The number of hydrogen-bond acceptors (Lipinski definition) is 5. The van der Waals surface area contributed by atoms with Crippen LogP contribution < -0.4 is 0 Å². The van der Waals surface area contributed by atoms with E-state index in [0.29, 0.717) is 15.4 Å². The molecule has 2 heterocycles. The third kappa shape index (κ3) is 3.40. The smallest absolute Gasteiger partial charge is 0.243 e. The van der Waals surface area contributed by atoms with Gasteiger partial charge in [-0.2, -0.15) is 4.31 Å². The Balaban J connectivity index is 1.67. The van der Waals surface area contributed by atoms with Gasteiger partial charge in [-0.25, -0.2) is 17.2 Å². The Morgan fingerprint density at radius 1 is 1.10 bits per heavy atom. The number of aromatic nitrogens is 1. The second kappa shape index (κ2) is 7.71. The first-order valence-electron chi connectivity index (χ1n) is 9.24. The normalized spacial score (nSPS) is 25.6. The van der Waals surface area contributed by atoms with Gasteiger partial charge in [-0.3, -0.25) is 0 Å². The van der Waals surface area contributed by atoms with Gasteiger partial charge in [0.1, 0.15) is 24.2 Å². The Labute approximate surface area is 171 Å². The number of fused-ring (bicyclic) bond motifs is 1. The zero-order valence-electron chi connectivity index (χ0n) is 15.6. The Hall–Kier alpha value is -2.37. The van der Waals surface area contributed by atoms with E-state index in [4.69, 9.17) is 0 Å². The molecule has 4 rings (SSSR count). The molecule has 0 bridgehead atoms. The number of nitrogens with zero attached hydrogens (tertiary/aromatic N) is 1. The van der Waals surface area contributed by atoms with Crippen LogP contribution in [-0.2, 0) is 10.0 Å². The summed E-state index contributed by atoms with van der Waals surface area (Å²) in [6, 6.07) is 8.75. The van der Waals surface area contributed by atoms with Crippen LogP contribution in [0.2, 0.25) is 0 Å². The van der Waals surface area contributed by atoms with Gasteiger partial charge in [0.15, 0.2) is 0 Å². The lowest BCUT2D eigenvalue weighted by Crippen LogP contribution is -2.62. The van der Waals surface area contributed by atoms with Gasteiger partial charge >= 0.3 is 0 Å². The molecule has 30 heavy (non-hydrogen) atoms. The second-order valence-electron chi connectivity index (χ2n) is 7.24. The van der Waals surface area contributed by atoms with E-state index in [1.807, 2.05) is 0 Å². The molecule has 160 valence electrons. The predicted octanol–water partition coefficient (Wildman–Crippen LogP) is 1.40. The van der Waals surface area contributed by atoms with Crippen molar-refractivity contribution < 1.29 is 32.5 Å². The van der Waals surface area contributed by atoms with Crippen LogP contribution in [0.4, 0.5) is 8.78 Å². The van der Waals surface area contributed by atoms with Crippen LogP contribution >= 0.6 is 0 Å². The van der Waals surface area contributed by atoms with Gasteiger partial charge in [-0.1, -0.05) is 12.1 Å². The number of alkyl halides is 1. The molecule has 1 aliphatic heterocycles. The molecular formula is C20H20F2N2O5S. The molecule has 0 spiro atoms. The number of aliphatic hydroxyl groups excluding tert-OH is 3. The van der Waals surface area contributed by atoms with Crippen LogP contribution in [-0.4, -0.2) is 70.6 Å². The number of nitrogens with one attached hydrogen (secondary N) is 1. The van der Waals surface area contributed by atoms with Crippen molar-refractivity contribution in [2.75, 3.05) is 13.2 Å². The largest absolute Gasteiger partial charge is 0.395 e. The molecule has 1 aromatic heterocycles. The summed E-state index contributed by atoms with van der Waals surface area (Å²) in [7, 11) is -4.24. The average Bonchev–Trinajstić information content (AvgIpc) is 3.14. The van der Waals surface area contributed by atoms with Crippen LogP contribution in [0.3, 0.4) is 0 Å². The molecule has 4 N–H and O–H groups in total. The van der Waals surface area contributed by atoms with E-state index < -0.39 is 47.6 Å². The Morgan fingerprint density at radius 2 is 1.80 bits per heavy atom. The minimum Gasteiger partial charge on any atom is -0.395 e. The van der Waals surface area contributed by atoms with E-state index in [1.54, 1.807) is 24.4 Å². The maximum atomic E-state index is 14.0. The summed E-state index contributed by atoms with van der Waals surface area (Å²) in [6.07, 6.45) is -3.82. The fourth-order valence-corrected chi connectivity index (χ4v) is 5.42. The highest BCUT2D eigenvalue weighted by Gasteiger charge is 2.47. The summed E-state index contributed by atoms with van der Waals surface area (Å²) < 4.78 is 54.1. The molecule has 0 radical (unpaired) electrons. The zero-order valence-corrected chi connectivity index (χ0v) is 16.4. The molecule has 7 nitrogen and oxygen atoms in total. The van der Waals surface area contributed by atoms with Crippen LogP contribution in [0.5, 0.6) is 0 Å². The lowest BCUT2D eigenvalue weighted by atomic mass is 9.97. The van der Waals surface area contributed by atoms with E-state index in [9.17, 15) is 32.5 Å².